The molecule has 1 aliphatic heterocycles. The first-order valence-electron chi connectivity index (χ1n) is 12.3. The third-order valence-electron chi connectivity index (χ3n) is 6.77. The molecular weight excluding hydrogens is 529 g/mol. The van der Waals surface area contributed by atoms with Gasteiger partial charge in [-0.25, -0.2) is 21.2 Å². The van der Waals surface area contributed by atoms with Gasteiger partial charge in [-0.1, -0.05) is 24.3 Å². The molecule has 1 aliphatic rings. The fourth-order valence-electron chi connectivity index (χ4n) is 4.78. The number of piperidine rings is 1. The number of benzene rings is 3. The summed E-state index contributed by atoms with van der Waals surface area (Å²) in [6, 6.07) is 17.4. The van der Waals surface area contributed by atoms with Crippen molar-refractivity contribution in [2.75, 3.05) is 25.1 Å². The first-order chi connectivity index (χ1) is 18.3. The van der Waals surface area contributed by atoms with Crippen molar-refractivity contribution in [3.63, 3.8) is 0 Å². The SMILES string of the molecule is COc1cc(CN(Cl)C(=O)c2ccc(S(=O)(=O)n3cc(N4CCCCC4)c4ccccc43)cc2)ccc1F. The van der Waals surface area contributed by atoms with Crippen LogP contribution in [0.15, 0.2) is 77.8 Å². The normalized spacial score (nSPS) is 14.0. The molecule has 1 aromatic heterocycles. The molecule has 38 heavy (non-hydrogen) atoms. The van der Waals surface area contributed by atoms with Gasteiger partial charge in [0.25, 0.3) is 15.9 Å². The summed E-state index contributed by atoms with van der Waals surface area (Å²) in [5, 5.41) is 0.889. The fraction of sp³-hybridized carbons (Fsp3) is 0.250. The Kier molecular flexibility index (Phi) is 7.32. The first kappa shape index (κ1) is 26.1. The fourth-order valence-corrected chi connectivity index (χ4v) is 6.38. The first-order valence-corrected chi connectivity index (χ1v) is 14.1. The van der Waals surface area contributed by atoms with Crippen LogP contribution in [0.3, 0.4) is 0 Å². The number of carbonyl (C=O) groups is 1. The smallest absolute Gasteiger partial charge is 0.268 e. The Morgan fingerprint density at radius 3 is 2.45 bits per heavy atom. The maximum atomic E-state index is 13.7. The van der Waals surface area contributed by atoms with Crippen LogP contribution in [0.4, 0.5) is 10.1 Å². The van der Waals surface area contributed by atoms with Crippen LogP contribution in [0.25, 0.3) is 10.9 Å². The summed E-state index contributed by atoms with van der Waals surface area (Å²) in [4.78, 5) is 15.2. The molecular formula is C28H27ClFN3O4S. The quantitative estimate of drug-likeness (QED) is 0.269. The molecule has 198 valence electrons. The maximum Gasteiger partial charge on any atom is 0.268 e. The highest BCUT2D eigenvalue weighted by Gasteiger charge is 2.25. The molecule has 3 aromatic carbocycles. The second-order valence-corrected chi connectivity index (χ2v) is 11.4. The number of para-hydroxylation sites is 1. The molecule has 1 amide bonds. The van der Waals surface area contributed by atoms with Crippen LogP contribution in [-0.2, 0) is 16.6 Å². The molecule has 0 spiro atoms. The summed E-state index contributed by atoms with van der Waals surface area (Å²) >= 11 is 6.23. The van der Waals surface area contributed by atoms with Gasteiger partial charge in [-0.05, 0) is 67.3 Å². The summed E-state index contributed by atoms with van der Waals surface area (Å²) in [6.07, 6.45) is 5.03. The maximum absolute atomic E-state index is 13.7. The Morgan fingerprint density at radius 2 is 1.74 bits per heavy atom. The van der Waals surface area contributed by atoms with E-state index in [0.29, 0.717) is 11.1 Å². The number of carbonyl (C=O) groups excluding carboxylic acids is 1. The van der Waals surface area contributed by atoms with Crippen molar-refractivity contribution in [3.05, 3.63) is 89.9 Å². The zero-order chi connectivity index (χ0) is 26.9. The van der Waals surface area contributed by atoms with Crippen molar-refractivity contribution in [1.82, 2.24) is 8.39 Å². The zero-order valence-electron chi connectivity index (χ0n) is 20.8. The van der Waals surface area contributed by atoms with Crippen LogP contribution in [0, 0.1) is 5.82 Å². The van der Waals surface area contributed by atoms with Gasteiger partial charge < -0.3 is 9.64 Å². The van der Waals surface area contributed by atoms with Gasteiger partial charge in [0.2, 0.25) is 0 Å². The van der Waals surface area contributed by atoms with Crippen LogP contribution in [0.2, 0.25) is 0 Å². The second-order valence-electron chi connectivity index (χ2n) is 9.20. The molecule has 0 N–H and O–H groups in total. The van der Waals surface area contributed by atoms with Gasteiger partial charge in [-0.3, -0.25) is 4.79 Å². The average molecular weight is 556 g/mol. The van der Waals surface area contributed by atoms with E-state index in [1.807, 2.05) is 18.2 Å². The number of ether oxygens (including phenoxy) is 1. The van der Waals surface area contributed by atoms with E-state index >= 15 is 0 Å². The highest BCUT2D eigenvalue weighted by Crippen LogP contribution is 2.33. The summed E-state index contributed by atoms with van der Waals surface area (Å²) in [6.45, 7) is 1.79. The lowest BCUT2D eigenvalue weighted by Crippen LogP contribution is -2.29. The zero-order valence-corrected chi connectivity index (χ0v) is 22.4. The number of methoxy groups -OCH3 is 1. The number of aromatic nitrogens is 1. The van der Waals surface area contributed by atoms with Crippen LogP contribution in [0.5, 0.6) is 5.75 Å². The number of halogens is 2. The van der Waals surface area contributed by atoms with E-state index in [4.69, 9.17) is 16.5 Å². The molecule has 4 aromatic rings. The summed E-state index contributed by atoms with van der Waals surface area (Å²) < 4.78 is 48.3. The van der Waals surface area contributed by atoms with E-state index in [1.165, 1.54) is 60.0 Å². The third-order valence-corrected chi connectivity index (χ3v) is 8.73. The Labute approximate surface area is 226 Å². The monoisotopic (exact) mass is 555 g/mol. The van der Waals surface area contributed by atoms with Gasteiger partial charge in [0.1, 0.15) is 0 Å². The highest BCUT2D eigenvalue weighted by atomic mass is 35.5. The van der Waals surface area contributed by atoms with Crippen LogP contribution in [0.1, 0.15) is 35.2 Å². The lowest BCUT2D eigenvalue weighted by molar-refractivity contribution is 0.0857. The van der Waals surface area contributed by atoms with E-state index in [1.54, 1.807) is 12.3 Å². The number of hydrogen-bond donors (Lipinski definition) is 0. The van der Waals surface area contributed by atoms with Crippen molar-refractivity contribution in [3.8, 4) is 5.75 Å². The van der Waals surface area contributed by atoms with Gasteiger partial charge >= 0.3 is 0 Å². The van der Waals surface area contributed by atoms with E-state index in [2.05, 4.69) is 4.90 Å². The standard InChI is InChI=1S/C28H27ClFN3O4S/c1-37-27-17-20(9-14-24(27)30)18-32(29)28(34)21-10-12-22(13-11-21)38(35,36)33-19-26(31-15-5-2-6-16-31)23-7-3-4-8-25(23)33/h3-4,7-14,17,19H,2,5-6,15-16,18H2,1H3. The van der Waals surface area contributed by atoms with Gasteiger partial charge in [0.05, 0.1) is 29.8 Å². The number of amides is 1. The Balaban J connectivity index is 1.39. The van der Waals surface area contributed by atoms with Crippen molar-refractivity contribution in [2.24, 2.45) is 0 Å². The van der Waals surface area contributed by atoms with Crippen molar-refractivity contribution in [1.29, 1.82) is 0 Å². The number of anilines is 1. The summed E-state index contributed by atoms with van der Waals surface area (Å²) in [7, 11) is -2.57. The lowest BCUT2D eigenvalue weighted by atomic mass is 10.1. The molecule has 5 rings (SSSR count). The molecule has 10 heteroatoms. The molecule has 1 fully saturated rings. The lowest BCUT2D eigenvalue weighted by Gasteiger charge is -2.28. The third kappa shape index (κ3) is 4.96. The van der Waals surface area contributed by atoms with Gasteiger partial charge in [-0.15, -0.1) is 0 Å². The van der Waals surface area contributed by atoms with Crippen LogP contribution >= 0.6 is 11.8 Å². The average Bonchev–Trinajstić information content (AvgIpc) is 3.35. The molecule has 2 heterocycles. The molecule has 0 saturated carbocycles. The van der Waals surface area contributed by atoms with Gasteiger partial charge in [0, 0.05) is 42.0 Å². The van der Waals surface area contributed by atoms with Gasteiger partial charge in [-0.2, -0.15) is 0 Å². The highest BCUT2D eigenvalue weighted by molar-refractivity contribution is 7.90. The predicted molar refractivity (Wildman–Crippen MR) is 146 cm³/mol. The summed E-state index contributed by atoms with van der Waals surface area (Å²) in [5.74, 6) is -0.979. The Bertz CT molecular complexity index is 1580. The minimum Gasteiger partial charge on any atom is -0.494 e. The molecule has 0 atom stereocenters. The number of rotatable bonds is 7. The summed E-state index contributed by atoms with van der Waals surface area (Å²) in [5.41, 5.74) is 2.31. The Morgan fingerprint density at radius 1 is 1.03 bits per heavy atom. The number of hydrogen-bond acceptors (Lipinski definition) is 5. The van der Waals surface area contributed by atoms with E-state index in [9.17, 15) is 17.6 Å². The molecule has 0 radical (unpaired) electrons. The van der Waals surface area contributed by atoms with Crippen molar-refractivity contribution < 1.29 is 22.3 Å². The minimum absolute atomic E-state index is 0.00567. The van der Waals surface area contributed by atoms with Crippen molar-refractivity contribution in [2.45, 2.75) is 30.7 Å². The largest absolute Gasteiger partial charge is 0.494 e. The van der Waals surface area contributed by atoms with Gasteiger partial charge in [0.15, 0.2) is 11.6 Å². The molecule has 1 saturated heterocycles. The van der Waals surface area contributed by atoms with E-state index in [-0.39, 0.29) is 22.8 Å². The topological polar surface area (TPSA) is 71.8 Å². The van der Waals surface area contributed by atoms with E-state index < -0.39 is 21.7 Å². The predicted octanol–water partition coefficient (Wildman–Crippen LogP) is 5.81. The van der Waals surface area contributed by atoms with E-state index in [0.717, 1.165) is 41.4 Å². The number of nitrogens with zero attached hydrogens (tertiary/aromatic N) is 3. The van der Waals surface area contributed by atoms with Crippen molar-refractivity contribution >= 4 is 44.3 Å². The molecule has 7 nitrogen and oxygen atoms in total. The minimum atomic E-state index is -3.92. The van der Waals surface area contributed by atoms with Crippen LogP contribution in [-0.4, -0.2) is 42.9 Å². The second kappa shape index (κ2) is 10.7. The molecule has 0 unspecified atom stereocenters. The molecule has 0 aliphatic carbocycles. The Hall–Kier alpha value is -3.56. The number of fused-ring (bicyclic) bond motifs is 1. The molecule has 0 bridgehead atoms. The van der Waals surface area contributed by atoms with Crippen LogP contribution < -0.4 is 9.64 Å².